The molecule has 1 aliphatic rings. The largest absolute Gasteiger partial charge is 0.497 e. The van der Waals surface area contributed by atoms with Crippen molar-refractivity contribution in [3.63, 3.8) is 0 Å². The molecule has 1 unspecified atom stereocenters. The number of anilines is 1. The van der Waals surface area contributed by atoms with E-state index in [2.05, 4.69) is 5.10 Å². The summed E-state index contributed by atoms with van der Waals surface area (Å²) in [6.45, 7) is 2.69. The molecule has 1 atom stereocenters. The first-order valence-corrected chi connectivity index (χ1v) is 9.84. The third-order valence-corrected chi connectivity index (χ3v) is 5.42. The lowest BCUT2D eigenvalue weighted by molar-refractivity contribution is -0.124. The van der Waals surface area contributed by atoms with Gasteiger partial charge in [0, 0.05) is 43.1 Å². The highest BCUT2D eigenvalue weighted by Gasteiger charge is 2.35. The molecular formula is C23H24N4O3. The lowest BCUT2D eigenvalue weighted by atomic mass is 10.0. The summed E-state index contributed by atoms with van der Waals surface area (Å²) in [6, 6.07) is 16.1. The number of carbonyl (C=O) groups excluding carboxylic acids is 2. The second-order valence-electron chi connectivity index (χ2n) is 7.32. The van der Waals surface area contributed by atoms with Crippen LogP contribution < -0.4 is 9.64 Å². The van der Waals surface area contributed by atoms with Crippen LogP contribution >= 0.6 is 0 Å². The fraction of sp³-hybridized carbons (Fsp3) is 0.261. The first-order valence-electron chi connectivity index (χ1n) is 9.84. The van der Waals surface area contributed by atoms with Gasteiger partial charge in [0.05, 0.1) is 12.8 Å². The van der Waals surface area contributed by atoms with E-state index in [0.29, 0.717) is 18.7 Å². The number of aryl methyl sites for hydroxylation is 1. The Hall–Kier alpha value is -3.61. The highest BCUT2D eigenvalue weighted by Crippen LogP contribution is 2.25. The average molecular weight is 404 g/mol. The van der Waals surface area contributed by atoms with Gasteiger partial charge < -0.3 is 14.5 Å². The van der Waals surface area contributed by atoms with E-state index in [1.807, 2.05) is 61.8 Å². The Balaban J connectivity index is 1.52. The van der Waals surface area contributed by atoms with Crippen molar-refractivity contribution in [2.45, 2.75) is 13.0 Å². The summed E-state index contributed by atoms with van der Waals surface area (Å²) in [5, 5.41) is 4.40. The monoisotopic (exact) mass is 404 g/mol. The summed E-state index contributed by atoms with van der Waals surface area (Å²) in [6.07, 6.45) is 1.86. The molecule has 4 rings (SSSR count). The number of ether oxygens (including phenoxy) is 1. The number of piperazine rings is 1. The lowest BCUT2D eigenvalue weighted by Gasteiger charge is -2.39. The fourth-order valence-electron chi connectivity index (χ4n) is 3.71. The van der Waals surface area contributed by atoms with Crippen LogP contribution in [0.15, 0.2) is 60.8 Å². The van der Waals surface area contributed by atoms with Crippen LogP contribution in [-0.4, -0.2) is 52.7 Å². The van der Waals surface area contributed by atoms with Crippen LogP contribution in [-0.2, 0) is 11.8 Å². The second-order valence-corrected chi connectivity index (χ2v) is 7.32. The maximum atomic E-state index is 13.2. The number of methoxy groups -OCH3 is 1. The number of hydrogen-bond acceptors (Lipinski definition) is 4. The minimum absolute atomic E-state index is 0.0966. The number of rotatable bonds is 4. The number of benzene rings is 2. The van der Waals surface area contributed by atoms with E-state index in [1.54, 1.807) is 34.6 Å². The van der Waals surface area contributed by atoms with Gasteiger partial charge in [0.15, 0.2) is 0 Å². The van der Waals surface area contributed by atoms with Crippen molar-refractivity contribution in [3.8, 4) is 17.0 Å². The molecule has 0 radical (unpaired) electrons. The van der Waals surface area contributed by atoms with Gasteiger partial charge in [-0.1, -0.05) is 12.1 Å². The molecule has 1 saturated heterocycles. The molecule has 30 heavy (non-hydrogen) atoms. The molecule has 7 nitrogen and oxygen atoms in total. The molecule has 1 aromatic heterocycles. The molecule has 1 aliphatic heterocycles. The van der Waals surface area contributed by atoms with Gasteiger partial charge in [0.25, 0.3) is 5.91 Å². The van der Waals surface area contributed by atoms with Gasteiger partial charge in [0.2, 0.25) is 5.91 Å². The van der Waals surface area contributed by atoms with Crippen molar-refractivity contribution >= 4 is 17.5 Å². The number of carbonyl (C=O) groups is 2. The lowest BCUT2D eigenvalue weighted by Crippen LogP contribution is -2.57. The molecule has 3 aromatic rings. The zero-order chi connectivity index (χ0) is 21.3. The number of amides is 2. The minimum Gasteiger partial charge on any atom is -0.497 e. The van der Waals surface area contributed by atoms with Crippen molar-refractivity contribution in [2.75, 3.05) is 25.1 Å². The van der Waals surface area contributed by atoms with Crippen molar-refractivity contribution in [2.24, 2.45) is 7.05 Å². The van der Waals surface area contributed by atoms with Crippen molar-refractivity contribution < 1.29 is 14.3 Å². The zero-order valence-electron chi connectivity index (χ0n) is 17.3. The molecule has 0 N–H and O–H groups in total. The smallest absolute Gasteiger partial charge is 0.254 e. The molecule has 0 spiro atoms. The van der Waals surface area contributed by atoms with Crippen LogP contribution in [0.1, 0.15) is 17.3 Å². The minimum atomic E-state index is -0.549. The third kappa shape index (κ3) is 3.66. The molecular weight excluding hydrogens is 380 g/mol. The maximum Gasteiger partial charge on any atom is 0.254 e. The Morgan fingerprint density at radius 3 is 2.53 bits per heavy atom. The Morgan fingerprint density at radius 2 is 1.87 bits per heavy atom. The fourth-order valence-corrected chi connectivity index (χ4v) is 3.71. The molecule has 1 fully saturated rings. The highest BCUT2D eigenvalue weighted by molar-refractivity contribution is 6.03. The van der Waals surface area contributed by atoms with Crippen LogP contribution in [0.3, 0.4) is 0 Å². The standard InChI is InChI=1S/C23H24N4O3/c1-16-22(28)27(19-7-9-20(30-3)10-8-19)14-13-26(16)23(29)18-6-4-5-17(15-18)21-11-12-25(2)24-21/h4-12,15-16H,13-14H2,1-3H3. The Bertz CT molecular complexity index is 1070. The molecule has 2 heterocycles. The summed E-state index contributed by atoms with van der Waals surface area (Å²) in [5.41, 5.74) is 3.03. The first kappa shape index (κ1) is 19.7. The quantitative estimate of drug-likeness (QED) is 0.671. The zero-order valence-corrected chi connectivity index (χ0v) is 17.3. The van der Waals surface area contributed by atoms with E-state index in [1.165, 1.54) is 0 Å². The molecule has 154 valence electrons. The normalized spacial score (nSPS) is 16.6. The number of aromatic nitrogens is 2. The summed E-state index contributed by atoms with van der Waals surface area (Å²) in [5.74, 6) is 0.490. The van der Waals surface area contributed by atoms with E-state index in [4.69, 9.17) is 4.74 Å². The maximum absolute atomic E-state index is 13.2. The van der Waals surface area contributed by atoms with Gasteiger partial charge in [-0.05, 0) is 49.4 Å². The van der Waals surface area contributed by atoms with Gasteiger partial charge in [0.1, 0.15) is 11.8 Å². The topological polar surface area (TPSA) is 67.7 Å². The predicted molar refractivity (Wildman–Crippen MR) is 114 cm³/mol. The summed E-state index contributed by atoms with van der Waals surface area (Å²) in [7, 11) is 3.46. The van der Waals surface area contributed by atoms with Crippen LogP contribution in [0.2, 0.25) is 0 Å². The van der Waals surface area contributed by atoms with Crippen molar-refractivity contribution in [3.05, 3.63) is 66.4 Å². The van der Waals surface area contributed by atoms with Gasteiger partial charge in [-0.2, -0.15) is 5.10 Å². The average Bonchev–Trinajstić information content (AvgIpc) is 3.22. The first-order chi connectivity index (χ1) is 14.5. The molecule has 2 amide bonds. The SMILES string of the molecule is COc1ccc(N2CCN(C(=O)c3cccc(-c4ccn(C)n4)c3)C(C)C2=O)cc1. The summed E-state index contributed by atoms with van der Waals surface area (Å²) >= 11 is 0. The summed E-state index contributed by atoms with van der Waals surface area (Å²) in [4.78, 5) is 29.5. The van der Waals surface area contributed by atoms with Crippen LogP contribution in [0, 0.1) is 0 Å². The highest BCUT2D eigenvalue weighted by atomic mass is 16.5. The number of nitrogens with zero attached hydrogens (tertiary/aromatic N) is 4. The summed E-state index contributed by atoms with van der Waals surface area (Å²) < 4.78 is 6.91. The van der Waals surface area contributed by atoms with Gasteiger partial charge >= 0.3 is 0 Å². The van der Waals surface area contributed by atoms with E-state index in [-0.39, 0.29) is 11.8 Å². The molecule has 7 heteroatoms. The van der Waals surface area contributed by atoms with Crippen LogP contribution in [0.25, 0.3) is 11.3 Å². The predicted octanol–water partition coefficient (Wildman–Crippen LogP) is 2.97. The molecule has 0 saturated carbocycles. The van der Waals surface area contributed by atoms with E-state index >= 15 is 0 Å². The van der Waals surface area contributed by atoms with Gasteiger partial charge in [-0.25, -0.2) is 0 Å². The van der Waals surface area contributed by atoms with Gasteiger partial charge in [-0.3, -0.25) is 14.3 Å². The Labute approximate surface area is 175 Å². The van der Waals surface area contributed by atoms with Gasteiger partial charge in [-0.15, -0.1) is 0 Å². The second kappa shape index (κ2) is 8.02. The third-order valence-electron chi connectivity index (χ3n) is 5.42. The Kier molecular flexibility index (Phi) is 5.27. The van der Waals surface area contributed by atoms with Crippen LogP contribution in [0.5, 0.6) is 5.75 Å². The van der Waals surface area contributed by atoms with Crippen molar-refractivity contribution in [1.29, 1.82) is 0 Å². The number of hydrogen-bond donors (Lipinski definition) is 0. The van der Waals surface area contributed by atoms with Crippen molar-refractivity contribution in [1.82, 2.24) is 14.7 Å². The van der Waals surface area contributed by atoms with Crippen LogP contribution in [0.4, 0.5) is 5.69 Å². The van der Waals surface area contributed by atoms with E-state index in [9.17, 15) is 9.59 Å². The molecule has 2 aromatic carbocycles. The molecule has 0 aliphatic carbocycles. The van der Waals surface area contributed by atoms with E-state index < -0.39 is 6.04 Å². The van der Waals surface area contributed by atoms with E-state index in [0.717, 1.165) is 22.7 Å². The molecule has 0 bridgehead atoms. The Morgan fingerprint density at radius 1 is 1.10 bits per heavy atom.